The molecule has 210 valence electrons. The zero-order chi connectivity index (χ0) is 29.5. The van der Waals surface area contributed by atoms with Crippen LogP contribution in [0.4, 0.5) is 0 Å². The summed E-state index contributed by atoms with van der Waals surface area (Å²) >= 11 is 5.45. The molecule has 0 amide bonds. The predicted octanol–water partition coefficient (Wildman–Crippen LogP) is 12.6. The molecule has 0 saturated heterocycles. The number of aromatic nitrogens is 2. The van der Waals surface area contributed by atoms with Crippen LogP contribution in [-0.2, 0) is 0 Å². The Balaban J connectivity index is 1.11. The zero-order valence-electron chi connectivity index (χ0n) is 23.8. The highest BCUT2D eigenvalue weighted by Crippen LogP contribution is 2.43. The van der Waals surface area contributed by atoms with Gasteiger partial charge in [0, 0.05) is 56.0 Å². The topological polar surface area (TPSA) is 25.8 Å². The van der Waals surface area contributed by atoms with Crippen molar-refractivity contribution in [2.45, 2.75) is 0 Å². The van der Waals surface area contributed by atoms with E-state index in [1.165, 1.54) is 67.3 Å². The number of rotatable bonds is 3. The van der Waals surface area contributed by atoms with E-state index in [0.717, 1.165) is 27.0 Å². The van der Waals surface area contributed by atoms with Crippen molar-refractivity contribution in [1.82, 2.24) is 9.97 Å². The first-order valence-electron chi connectivity index (χ1n) is 14.9. The zero-order valence-corrected chi connectivity index (χ0v) is 26.3. The molecule has 5 heteroatoms. The summed E-state index contributed by atoms with van der Waals surface area (Å²) < 4.78 is 6.50. The molecule has 4 heterocycles. The maximum absolute atomic E-state index is 5.25. The fourth-order valence-corrected chi connectivity index (χ4v) is 10.1. The molecule has 0 aliphatic heterocycles. The van der Waals surface area contributed by atoms with Gasteiger partial charge in [-0.2, -0.15) is 0 Å². The molecular weight excluding hydrogens is 605 g/mol. The minimum atomic E-state index is 0.893. The van der Waals surface area contributed by atoms with Crippen LogP contribution in [0.3, 0.4) is 0 Å². The Hall–Kier alpha value is -4.94. The molecule has 0 bridgehead atoms. The first-order chi connectivity index (χ1) is 22.3. The van der Waals surface area contributed by atoms with Crippen molar-refractivity contribution in [2.75, 3.05) is 0 Å². The average molecular weight is 627 g/mol. The summed E-state index contributed by atoms with van der Waals surface area (Å²) in [4.78, 5) is 11.1. The standard InChI is InChI=1S/C40H22N2S3/c1-3-16-34-28(10-1)30-14-6-12-26(38(30)43-34)23-8-5-9-25(20-23)33-22-41-40-37(42-33)32-21-24(18-19-36(32)45-40)27-13-7-15-31-29-11-2-4-17-35(29)44-39(27)31/h1-22H. The fraction of sp³-hybridized carbons (Fsp3) is 0. The van der Waals surface area contributed by atoms with Crippen LogP contribution in [0.25, 0.3) is 94.3 Å². The van der Waals surface area contributed by atoms with E-state index in [9.17, 15) is 0 Å². The molecule has 0 spiro atoms. The van der Waals surface area contributed by atoms with Gasteiger partial charge in [-0.25, -0.2) is 9.97 Å². The summed E-state index contributed by atoms with van der Waals surface area (Å²) in [6.45, 7) is 0. The first kappa shape index (κ1) is 25.4. The third-order valence-electron chi connectivity index (χ3n) is 8.77. The van der Waals surface area contributed by atoms with E-state index in [4.69, 9.17) is 9.97 Å². The maximum Gasteiger partial charge on any atom is 0.143 e. The Morgan fingerprint density at radius 3 is 1.71 bits per heavy atom. The van der Waals surface area contributed by atoms with Crippen LogP contribution in [0.15, 0.2) is 134 Å². The van der Waals surface area contributed by atoms with Crippen molar-refractivity contribution < 1.29 is 0 Å². The minimum Gasteiger partial charge on any atom is -0.243 e. The molecule has 0 aliphatic carbocycles. The largest absolute Gasteiger partial charge is 0.243 e. The van der Waals surface area contributed by atoms with Crippen LogP contribution in [0, 0.1) is 0 Å². The van der Waals surface area contributed by atoms with E-state index in [0.29, 0.717) is 0 Å². The van der Waals surface area contributed by atoms with Gasteiger partial charge in [0.15, 0.2) is 0 Å². The van der Waals surface area contributed by atoms with Gasteiger partial charge in [0.25, 0.3) is 0 Å². The van der Waals surface area contributed by atoms with Gasteiger partial charge in [-0.1, -0.05) is 97.1 Å². The van der Waals surface area contributed by atoms with Gasteiger partial charge in [0.05, 0.1) is 11.9 Å². The lowest BCUT2D eigenvalue weighted by Gasteiger charge is -2.07. The molecule has 10 aromatic rings. The molecule has 0 saturated carbocycles. The first-order valence-corrected chi connectivity index (χ1v) is 17.3. The Bertz CT molecular complexity index is 2780. The smallest absolute Gasteiger partial charge is 0.143 e. The van der Waals surface area contributed by atoms with E-state index < -0.39 is 0 Å². The second-order valence-electron chi connectivity index (χ2n) is 11.4. The van der Waals surface area contributed by atoms with E-state index in [1.54, 1.807) is 11.3 Å². The lowest BCUT2D eigenvalue weighted by molar-refractivity contribution is 1.32. The molecule has 45 heavy (non-hydrogen) atoms. The number of nitrogens with zero attached hydrogens (tertiary/aromatic N) is 2. The summed E-state index contributed by atoms with van der Waals surface area (Å²) in [6.07, 6.45) is 1.93. The third-order valence-corrected chi connectivity index (χ3v) is 12.3. The van der Waals surface area contributed by atoms with Gasteiger partial charge in [-0.05, 0) is 52.6 Å². The highest BCUT2D eigenvalue weighted by atomic mass is 32.1. The highest BCUT2D eigenvalue weighted by Gasteiger charge is 2.15. The van der Waals surface area contributed by atoms with Gasteiger partial charge in [0.2, 0.25) is 0 Å². The molecule has 0 N–H and O–H groups in total. The van der Waals surface area contributed by atoms with Crippen molar-refractivity contribution in [3.05, 3.63) is 134 Å². The second-order valence-corrected chi connectivity index (χ2v) is 14.5. The minimum absolute atomic E-state index is 0.893. The van der Waals surface area contributed by atoms with Crippen molar-refractivity contribution in [3.8, 4) is 33.5 Å². The summed E-state index contributed by atoms with van der Waals surface area (Å²) in [6, 6.07) is 46.2. The average Bonchev–Trinajstić information content (AvgIpc) is 3.79. The Morgan fingerprint density at radius 2 is 1.00 bits per heavy atom. The maximum atomic E-state index is 5.25. The van der Waals surface area contributed by atoms with Crippen LogP contribution in [-0.4, -0.2) is 9.97 Å². The van der Waals surface area contributed by atoms with Gasteiger partial charge < -0.3 is 0 Å². The van der Waals surface area contributed by atoms with E-state index >= 15 is 0 Å². The number of fused-ring (bicyclic) bond motifs is 9. The molecule has 10 rings (SSSR count). The molecule has 4 aromatic heterocycles. The fourth-order valence-electron chi connectivity index (χ4n) is 6.64. The Morgan fingerprint density at radius 1 is 0.422 bits per heavy atom. The SMILES string of the molecule is c1cc(-c2cnc3sc4ccc(-c5cccc6c5sc5ccccc56)cc4c3n2)cc(-c2cccc3c2sc2ccccc23)c1. The molecule has 6 aromatic carbocycles. The van der Waals surface area contributed by atoms with Crippen molar-refractivity contribution in [3.63, 3.8) is 0 Å². The van der Waals surface area contributed by atoms with Gasteiger partial charge in [-0.15, -0.1) is 34.0 Å². The van der Waals surface area contributed by atoms with Crippen LogP contribution < -0.4 is 0 Å². The molecule has 0 radical (unpaired) electrons. The van der Waals surface area contributed by atoms with Crippen molar-refractivity contribution >= 4 is 94.8 Å². The Labute approximate surface area is 270 Å². The molecule has 0 aliphatic rings. The number of benzene rings is 6. The van der Waals surface area contributed by atoms with Gasteiger partial charge in [0.1, 0.15) is 10.3 Å². The number of hydrogen-bond donors (Lipinski definition) is 0. The molecular formula is C40H22N2S3. The van der Waals surface area contributed by atoms with Gasteiger partial charge in [-0.3, -0.25) is 0 Å². The van der Waals surface area contributed by atoms with Crippen LogP contribution in [0.5, 0.6) is 0 Å². The Kier molecular flexibility index (Phi) is 5.52. The van der Waals surface area contributed by atoms with Crippen molar-refractivity contribution in [2.24, 2.45) is 0 Å². The molecule has 0 atom stereocenters. The van der Waals surface area contributed by atoms with E-state index in [1.807, 2.05) is 28.9 Å². The van der Waals surface area contributed by atoms with Crippen LogP contribution in [0.1, 0.15) is 0 Å². The quantitative estimate of drug-likeness (QED) is 0.195. The molecule has 2 nitrogen and oxygen atoms in total. The van der Waals surface area contributed by atoms with Crippen LogP contribution in [0.2, 0.25) is 0 Å². The van der Waals surface area contributed by atoms with Crippen LogP contribution >= 0.6 is 34.0 Å². The summed E-state index contributed by atoms with van der Waals surface area (Å²) in [5.74, 6) is 0. The van der Waals surface area contributed by atoms with Gasteiger partial charge >= 0.3 is 0 Å². The monoisotopic (exact) mass is 626 g/mol. The third kappa shape index (κ3) is 3.91. The van der Waals surface area contributed by atoms with E-state index in [2.05, 4.69) is 127 Å². The summed E-state index contributed by atoms with van der Waals surface area (Å²) in [5.41, 5.74) is 7.86. The molecule has 0 fully saturated rings. The second kappa shape index (κ2) is 9.78. The summed E-state index contributed by atoms with van der Waals surface area (Å²) in [5, 5.41) is 6.43. The molecule has 0 unspecified atom stereocenters. The van der Waals surface area contributed by atoms with Crippen molar-refractivity contribution in [1.29, 1.82) is 0 Å². The summed E-state index contributed by atoms with van der Waals surface area (Å²) in [7, 11) is 0. The number of thiophene rings is 3. The number of hydrogen-bond acceptors (Lipinski definition) is 5. The predicted molar refractivity (Wildman–Crippen MR) is 197 cm³/mol. The normalized spacial score (nSPS) is 12.0. The van der Waals surface area contributed by atoms with E-state index in [-0.39, 0.29) is 0 Å². The lowest BCUT2D eigenvalue weighted by Crippen LogP contribution is -1.88. The lowest BCUT2D eigenvalue weighted by atomic mass is 10.00. The highest BCUT2D eigenvalue weighted by molar-refractivity contribution is 7.27.